The molecular weight excluding hydrogens is 552 g/mol. The van der Waals surface area contributed by atoms with Gasteiger partial charge in [0, 0.05) is 58.3 Å². The monoisotopic (exact) mass is 591 g/mol. The van der Waals surface area contributed by atoms with Crippen LogP contribution in [0.25, 0.3) is 10.9 Å². The molecular formula is C29H39F2N5O6. The van der Waals surface area contributed by atoms with Crippen LogP contribution in [0.5, 0.6) is 0 Å². The number of ether oxygens (including phenoxy) is 1. The van der Waals surface area contributed by atoms with E-state index in [-0.39, 0.29) is 62.8 Å². The van der Waals surface area contributed by atoms with Crippen molar-refractivity contribution in [3.63, 3.8) is 0 Å². The summed E-state index contributed by atoms with van der Waals surface area (Å²) in [4.78, 5) is 55.8. The van der Waals surface area contributed by atoms with Crippen molar-refractivity contribution in [2.75, 3.05) is 46.9 Å². The molecule has 42 heavy (non-hydrogen) atoms. The van der Waals surface area contributed by atoms with Crippen LogP contribution in [-0.2, 0) is 20.9 Å². The zero-order chi connectivity index (χ0) is 30.6. The molecule has 13 heteroatoms. The van der Waals surface area contributed by atoms with Crippen LogP contribution in [0.3, 0.4) is 0 Å². The zero-order valence-corrected chi connectivity index (χ0v) is 24.3. The van der Waals surface area contributed by atoms with Gasteiger partial charge in [-0.1, -0.05) is 19.3 Å². The first-order valence-electron chi connectivity index (χ1n) is 14.3. The van der Waals surface area contributed by atoms with E-state index in [1.165, 1.54) is 27.1 Å². The van der Waals surface area contributed by atoms with Gasteiger partial charge in [0.1, 0.15) is 17.8 Å². The molecule has 4 amide bonds. The van der Waals surface area contributed by atoms with E-state index in [0.717, 1.165) is 49.1 Å². The van der Waals surface area contributed by atoms with Crippen LogP contribution in [0.4, 0.5) is 13.6 Å². The Labute approximate surface area is 243 Å². The first-order chi connectivity index (χ1) is 20.0. The molecule has 1 aliphatic heterocycles. The highest BCUT2D eigenvalue weighted by Crippen LogP contribution is 2.28. The summed E-state index contributed by atoms with van der Waals surface area (Å²) in [6.45, 7) is 2.98. The minimum atomic E-state index is -1.24. The first kappa shape index (κ1) is 31.2. The number of aromatic nitrogens is 1. The van der Waals surface area contributed by atoms with Crippen molar-refractivity contribution in [2.45, 2.75) is 57.7 Å². The number of halogens is 2. The Morgan fingerprint density at radius 2 is 1.64 bits per heavy atom. The standard InChI is InChI=1S/C29H39F2N5O6/c1-18(33(2)29(40)41)26(37)32-25(19-7-5-4-6-8-19)28(39)35-11-9-34(10-12-35)27(38)24-16-20-15-21(30)22(31)17-23(20)36(24)13-14-42-3/h15-19,25H,4-14H2,1-3H3,(H,32,37)(H,40,41)/t18-,25-/m0/s1. The molecule has 4 rings (SSSR count). The summed E-state index contributed by atoms with van der Waals surface area (Å²) in [6, 6.07) is 1.92. The van der Waals surface area contributed by atoms with Gasteiger partial charge in [-0.05, 0) is 37.8 Å². The normalized spacial score (nSPS) is 17.6. The summed E-state index contributed by atoms with van der Waals surface area (Å²) >= 11 is 0. The van der Waals surface area contributed by atoms with Gasteiger partial charge in [-0.15, -0.1) is 0 Å². The lowest BCUT2D eigenvalue weighted by molar-refractivity contribution is -0.140. The molecule has 2 heterocycles. The Morgan fingerprint density at radius 1 is 1.02 bits per heavy atom. The number of methoxy groups -OCH3 is 1. The summed E-state index contributed by atoms with van der Waals surface area (Å²) in [5, 5.41) is 12.5. The summed E-state index contributed by atoms with van der Waals surface area (Å²) in [5.41, 5.74) is 0.660. The predicted molar refractivity (Wildman–Crippen MR) is 150 cm³/mol. The zero-order valence-electron chi connectivity index (χ0n) is 24.3. The molecule has 0 spiro atoms. The number of nitrogens with zero attached hydrogens (tertiary/aromatic N) is 4. The maximum atomic E-state index is 14.0. The second-order valence-electron chi connectivity index (χ2n) is 11.1. The van der Waals surface area contributed by atoms with Crippen molar-refractivity contribution in [3.8, 4) is 0 Å². The molecule has 0 radical (unpaired) electrons. The van der Waals surface area contributed by atoms with Crippen LogP contribution >= 0.6 is 0 Å². The Hall–Kier alpha value is -3.74. The minimum absolute atomic E-state index is 0.0607. The Bertz CT molecular complexity index is 1320. The molecule has 0 unspecified atom stereocenters. The third kappa shape index (κ3) is 6.66. The topological polar surface area (TPSA) is 124 Å². The van der Waals surface area contributed by atoms with Gasteiger partial charge in [-0.2, -0.15) is 0 Å². The fourth-order valence-electron chi connectivity index (χ4n) is 5.81. The van der Waals surface area contributed by atoms with Gasteiger partial charge in [-0.25, -0.2) is 13.6 Å². The van der Waals surface area contributed by atoms with Gasteiger partial charge in [0.25, 0.3) is 5.91 Å². The fraction of sp³-hybridized carbons (Fsp3) is 0.586. The van der Waals surface area contributed by atoms with Crippen molar-refractivity contribution >= 4 is 34.7 Å². The number of likely N-dealkylation sites (N-methyl/N-ethyl adjacent to an activating group) is 1. The predicted octanol–water partition coefficient (Wildman–Crippen LogP) is 2.91. The Balaban J connectivity index is 1.48. The maximum absolute atomic E-state index is 14.0. The average Bonchev–Trinajstić information content (AvgIpc) is 3.34. The highest BCUT2D eigenvalue weighted by molar-refractivity contribution is 5.99. The summed E-state index contributed by atoms with van der Waals surface area (Å²) in [6.07, 6.45) is 3.28. The van der Waals surface area contributed by atoms with Crippen LogP contribution in [0, 0.1) is 17.6 Å². The molecule has 2 N–H and O–H groups in total. The number of nitrogens with one attached hydrogen (secondary N) is 1. The fourth-order valence-corrected chi connectivity index (χ4v) is 5.81. The largest absolute Gasteiger partial charge is 0.465 e. The van der Waals surface area contributed by atoms with Crippen molar-refractivity contribution in [1.29, 1.82) is 0 Å². The number of hydrogen-bond acceptors (Lipinski definition) is 5. The average molecular weight is 592 g/mol. The SMILES string of the molecule is COCCn1c(C(=O)N2CCN(C(=O)[C@@H](NC(=O)[C@H](C)N(C)C(=O)O)C3CCCCC3)CC2)cc2cc(F)c(F)cc21. The molecule has 1 saturated carbocycles. The van der Waals surface area contributed by atoms with E-state index in [1.54, 1.807) is 14.4 Å². The molecule has 11 nitrogen and oxygen atoms in total. The van der Waals surface area contributed by atoms with Crippen LogP contribution in [0.15, 0.2) is 18.2 Å². The second-order valence-corrected chi connectivity index (χ2v) is 11.1. The van der Waals surface area contributed by atoms with E-state index in [2.05, 4.69) is 5.32 Å². The number of amides is 4. The highest BCUT2D eigenvalue weighted by atomic mass is 19.2. The molecule has 1 aromatic heterocycles. The molecule has 230 valence electrons. The van der Waals surface area contributed by atoms with Gasteiger partial charge in [-0.3, -0.25) is 19.3 Å². The van der Waals surface area contributed by atoms with Crippen LogP contribution < -0.4 is 5.32 Å². The third-order valence-corrected chi connectivity index (χ3v) is 8.51. The quantitative estimate of drug-likeness (QED) is 0.462. The van der Waals surface area contributed by atoms with Gasteiger partial charge >= 0.3 is 6.09 Å². The lowest BCUT2D eigenvalue weighted by Crippen LogP contribution is -2.59. The van der Waals surface area contributed by atoms with Gasteiger partial charge < -0.3 is 29.5 Å². The minimum Gasteiger partial charge on any atom is -0.465 e. The number of carbonyl (C=O) groups is 4. The summed E-state index contributed by atoms with van der Waals surface area (Å²) in [5.74, 6) is -3.16. The number of fused-ring (bicyclic) bond motifs is 1. The van der Waals surface area contributed by atoms with E-state index in [9.17, 15) is 33.1 Å². The lowest BCUT2D eigenvalue weighted by atomic mass is 9.83. The van der Waals surface area contributed by atoms with E-state index in [4.69, 9.17) is 4.74 Å². The van der Waals surface area contributed by atoms with Crippen molar-refractivity contribution in [1.82, 2.24) is 24.6 Å². The molecule has 1 aromatic carbocycles. The lowest BCUT2D eigenvalue weighted by Gasteiger charge is -2.39. The maximum Gasteiger partial charge on any atom is 0.407 e. The molecule has 2 aromatic rings. The van der Waals surface area contributed by atoms with Crippen molar-refractivity contribution < 1.29 is 37.8 Å². The van der Waals surface area contributed by atoms with Crippen molar-refractivity contribution in [3.05, 3.63) is 35.5 Å². The van der Waals surface area contributed by atoms with Crippen molar-refractivity contribution in [2.24, 2.45) is 5.92 Å². The van der Waals surface area contributed by atoms with E-state index in [0.29, 0.717) is 10.9 Å². The van der Waals surface area contributed by atoms with Gasteiger partial charge in [0.15, 0.2) is 11.6 Å². The Kier molecular flexibility index (Phi) is 10.0. The number of benzene rings is 1. The Morgan fingerprint density at radius 3 is 2.26 bits per heavy atom. The van der Waals surface area contributed by atoms with Crippen LogP contribution in [0.2, 0.25) is 0 Å². The molecule has 2 atom stereocenters. The molecule has 2 fully saturated rings. The van der Waals surface area contributed by atoms with Gasteiger partial charge in [0.2, 0.25) is 11.8 Å². The van der Waals surface area contributed by atoms with Gasteiger partial charge in [0.05, 0.1) is 12.1 Å². The number of piperazine rings is 1. The number of carbonyl (C=O) groups excluding carboxylic acids is 3. The summed E-state index contributed by atoms with van der Waals surface area (Å²) in [7, 11) is 2.82. The van der Waals surface area contributed by atoms with E-state index >= 15 is 0 Å². The smallest absolute Gasteiger partial charge is 0.407 e. The molecule has 1 aliphatic carbocycles. The summed E-state index contributed by atoms with van der Waals surface area (Å²) < 4.78 is 34.7. The highest BCUT2D eigenvalue weighted by Gasteiger charge is 2.37. The number of hydrogen-bond donors (Lipinski definition) is 2. The molecule has 1 saturated heterocycles. The molecule has 2 aliphatic rings. The number of rotatable bonds is 9. The van der Waals surface area contributed by atoms with E-state index in [1.807, 2.05) is 0 Å². The third-order valence-electron chi connectivity index (χ3n) is 8.51. The molecule has 0 bridgehead atoms. The first-order valence-corrected chi connectivity index (χ1v) is 14.3. The number of carboxylic acid groups (broad SMARTS) is 1. The second kappa shape index (κ2) is 13.5. The van der Waals surface area contributed by atoms with Crippen LogP contribution in [-0.4, -0.2) is 107 Å². The van der Waals surface area contributed by atoms with Crippen LogP contribution in [0.1, 0.15) is 49.5 Å². The van der Waals surface area contributed by atoms with E-state index < -0.39 is 35.7 Å².